The minimum absolute atomic E-state index is 0.0109. The van der Waals surface area contributed by atoms with E-state index >= 15 is 0 Å². The van der Waals surface area contributed by atoms with Crippen LogP contribution in [0.15, 0.2) is 18.2 Å². The molecule has 6 heteroatoms. The Hall–Kier alpha value is -1.30. The van der Waals surface area contributed by atoms with Crippen molar-refractivity contribution < 1.29 is 4.79 Å². The number of hydrogen-bond acceptors (Lipinski definition) is 4. The number of carbonyl (C=O) groups is 1. The first-order valence-electron chi connectivity index (χ1n) is 7.03. The third kappa shape index (κ3) is 2.73. The van der Waals surface area contributed by atoms with Crippen LogP contribution in [0.1, 0.15) is 22.5 Å². The van der Waals surface area contributed by atoms with Gasteiger partial charge in [0.05, 0.1) is 5.69 Å². The minimum atomic E-state index is 0.0109. The first-order chi connectivity index (χ1) is 10.1. The van der Waals surface area contributed by atoms with Crippen LogP contribution in [0.3, 0.4) is 0 Å². The molecule has 0 bridgehead atoms. The summed E-state index contributed by atoms with van der Waals surface area (Å²) in [6.45, 7) is 1.92. The third-order valence-corrected chi connectivity index (χ3v) is 5.47. The van der Waals surface area contributed by atoms with Crippen molar-refractivity contribution in [3.8, 4) is 0 Å². The lowest BCUT2D eigenvalue weighted by Crippen LogP contribution is -2.43. The van der Waals surface area contributed by atoms with Gasteiger partial charge < -0.3 is 16.0 Å². The number of nitrogens with zero attached hydrogens (tertiary/aromatic N) is 1. The molecule has 1 aromatic heterocycles. The van der Waals surface area contributed by atoms with Gasteiger partial charge in [-0.1, -0.05) is 11.6 Å². The predicted molar refractivity (Wildman–Crippen MR) is 89.2 cm³/mol. The van der Waals surface area contributed by atoms with Gasteiger partial charge in [0, 0.05) is 28.2 Å². The van der Waals surface area contributed by atoms with Gasteiger partial charge in [-0.25, -0.2) is 0 Å². The normalized spacial score (nSPS) is 16.3. The number of benzene rings is 1. The molecular formula is C15H18ClN3OS. The molecule has 0 unspecified atom stereocenters. The predicted octanol–water partition coefficient (Wildman–Crippen LogP) is 2.96. The first-order valence-corrected chi connectivity index (χ1v) is 8.23. The zero-order valence-corrected chi connectivity index (χ0v) is 13.4. The molecule has 112 valence electrons. The largest absolute Gasteiger partial charge is 0.397 e. The van der Waals surface area contributed by atoms with Crippen molar-refractivity contribution in [1.82, 2.24) is 10.2 Å². The van der Waals surface area contributed by atoms with E-state index in [1.165, 1.54) is 11.3 Å². The number of amides is 1. The molecule has 0 aliphatic carbocycles. The van der Waals surface area contributed by atoms with E-state index < -0.39 is 0 Å². The Balaban J connectivity index is 1.92. The van der Waals surface area contributed by atoms with Crippen LogP contribution in [-0.2, 0) is 0 Å². The molecule has 0 saturated carbocycles. The van der Waals surface area contributed by atoms with Gasteiger partial charge in [0.2, 0.25) is 0 Å². The van der Waals surface area contributed by atoms with Crippen molar-refractivity contribution in [2.24, 2.45) is 0 Å². The second-order valence-electron chi connectivity index (χ2n) is 5.38. The number of piperidine rings is 1. The maximum atomic E-state index is 12.7. The number of fused-ring (bicyclic) bond motifs is 1. The maximum absolute atomic E-state index is 12.7. The van der Waals surface area contributed by atoms with Crippen LogP contribution < -0.4 is 11.1 Å². The van der Waals surface area contributed by atoms with Gasteiger partial charge in [-0.05, 0) is 44.1 Å². The van der Waals surface area contributed by atoms with E-state index in [-0.39, 0.29) is 11.9 Å². The van der Waals surface area contributed by atoms with Crippen molar-refractivity contribution in [1.29, 1.82) is 0 Å². The van der Waals surface area contributed by atoms with E-state index in [0.717, 1.165) is 36.0 Å². The zero-order valence-electron chi connectivity index (χ0n) is 11.9. The molecule has 1 aliphatic heterocycles. The van der Waals surface area contributed by atoms with Gasteiger partial charge in [-0.3, -0.25) is 4.79 Å². The van der Waals surface area contributed by atoms with Crippen LogP contribution in [0.25, 0.3) is 10.1 Å². The quantitative estimate of drug-likeness (QED) is 0.893. The summed E-state index contributed by atoms with van der Waals surface area (Å²) in [5.74, 6) is 0.0109. The van der Waals surface area contributed by atoms with Gasteiger partial charge in [-0.2, -0.15) is 0 Å². The number of nitrogen functional groups attached to an aromatic ring is 1. The number of nitrogens with two attached hydrogens (primary N) is 1. The Bertz CT molecular complexity index is 679. The number of rotatable bonds is 2. The molecule has 1 aliphatic rings. The van der Waals surface area contributed by atoms with Crippen LogP contribution >= 0.6 is 22.9 Å². The van der Waals surface area contributed by atoms with Crippen molar-refractivity contribution >= 4 is 44.6 Å². The molecule has 4 nitrogen and oxygen atoms in total. The molecule has 2 aromatic rings. The molecule has 1 aromatic carbocycles. The Kier molecular flexibility index (Phi) is 4.06. The summed E-state index contributed by atoms with van der Waals surface area (Å²) in [5.41, 5.74) is 6.71. The van der Waals surface area contributed by atoms with Crippen LogP contribution in [0.4, 0.5) is 5.69 Å². The number of thiophene rings is 1. The fourth-order valence-electron chi connectivity index (χ4n) is 2.77. The third-order valence-electron chi connectivity index (χ3n) is 4.06. The lowest BCUT2D eigenvalue weighted by molar-refractivity contribution is 0.0709. The highest BCUT2D eigenvalue weighted by atomic mass is 35.5. The number of nitrogens with one attached hydrogen (secondary N) is 1. The Morgan fingerprint density at radius 1 is 1.43 bits per heavy atom. The summed E-state index contributed by atoms with van der Waals surface area (Å²) in [6, 6.07) is 5.85. The monoisotopic (exact) mass is 323 g/mol. The first kappa shape index (κ1) is 14.6. The van der Waals surface area contributed by atoms with Crippen LogP contribution in [0, 0.1) is 0 Å². The summed E-state index contributed by atoms with van der Waals surface area (Å²) in [7, 11) is 1.87. The van der Waals surface area contributed by atoms with Crippen molar-refractivity contribution in [2.45, 2.75) is 18.9 Å². The minimum Gasteiger partial charge on any atom is -0.397 e. The Morgan fingerprint density at radius 3 is 2.86 bits per heavy atom. The molecule has 0 atom stereocenters. The second-order valence-corrected chi connectivity index (χ2v) is 6.87. The van der Waals surface area contributed by atoms with E-state index in [4.69, 9.17) is 17.3 Å². The maximum Gasteiger partial charge on any atom is 0.266 e. The molecule has 0 spiro atoms. The molecule has 21 heavy (non-hydrogen) atoms. The summed E-state index contributed by atoms with van der Waals surface area (Å²) in [6.07, 6.45) is 1.97. The molecule has 1 amide bonds. The van der Waals surface area contributed by atoms with E-state index in [1.54, 1.807) is 0 Å². The molecular weight excluding hydrogens is 306 g/mol. The molecule has 3 rings (SSSR count). The zero-order chi connectivity index (χ0) is 15.0. The van der Waals surface area contributed by atoms with E-state index in [2.05, 4.69) is 5.32 Å². The molecule has 1 fully saturated rings. The second kappa shape index (κ2) is 5.83. The number of carbonyl (C=O) groups excluding carboxylic acids is 1. The fourth-order valence-corrected chi connectivity index (χ4v) is 4.03. The van der Waals surface area contributed by atoms with Gasteiger partial charge in [0.1, 0.15) is 4.88 Å². The molecule has 0 radical (unpaired) electrons. The topological polar surface area (TPSA) is 58.4 Å². The van der Waals surface area contributed by atoms with E-state index in [0.29, 0.717) is 15.6 Å². The van der Waals surface area contributed by atoms with Gasteiger partial charge in [-0.15, -0.1) is 11.3 Å². The standard InChI is InChI=1S/C15H18ClN3OS/c1-19(10-4-6-18-7-5-10)15(20)14-13(17)11-8-9(16)2-3-12(11)21-14/h2-3,8,10,18H,4-7,17H2,1H3. The SMILES string of the molecule is CN(C(=O)c1sc2ccc(Cl)cc2c1N)C1CCNCC1. The number of hydrogen-bond donors (Lipinski definition) is 2. The van der Waals surface area contributed by atoms with Gasteiger partial charge in [0.25, 0.3) is 5.91 Å². The molecule has 2 heterocycles. The van der Waals surface area contributed by atoms with Gasteiger partial charge >= 0.3 is 0 Å². The summed E-state index contributed by atoms with van der Waals surface area (Å²) >= 11 is 7.45. The highest BCUT2D eigenvalue weighted by molar-refractivity contribution is 7.21. The van der Waals surface area contributed by atoms with Crippen LogP contribution in [0.5, 0.6) is 0 Å². The number of anilines is 1. The Morgan fingerprint density at radius 2 is 2.14 bits per heavy atom. The molecule has 1 saturated heterocycles. The lowest BCUT2D eigenvalue weighted by atomic mass is 10.1. The highest BCUT2D eigenvalue weighted by Crippen LogP contribution is 2.36. The van der Waals surface area contributed by atoms with Crippen LogP contribution in [0.2, 0.25) is 5.02 Å². The average molecular weight is 324 g/mol. The molecule has 3 N–H and O–H groups in total. The number of halogens is 1. The smallest absolute Gasteiger partial charge is 0.266 e. The van der Waals surface area contributed by atoms with E-state index in [1.807, 2.05) is 30.1 Å². The summed E-state index contributed by atoms with van der Waals surface area (Å²) < 4.78 is 0.999. The van der Waals surface area contributed by atoms with Crippen molar-refractivity contribution in [3.05, 3.63) is 28.1 Å². The summed E-state index contributed by atoms with van der Waals surface area (Å²) in [5, 5.41) is 4.82. The van der Waals surface area contributed by atoms with Gasteiger partial charge in [0.15, 0.2) is 0 Å². The van der Waals surface area contributed by atoms with Crippen molar-refractivity contribution in [3.63, 3.8) is 0 Å². The van der Waals surface area contributed by atoms with Crippen LogP contribution in [-0.4, -0.2) is 37.0 Å². The van der Waals surface area contributed by atoms with Crippen molar-refractivity contribution in [2.75, 3.05) is 25.9 Å². The lowest BCUT2D eigenvalue weighted by Gasteiger charge is -2.31. The van der Waals surface area contributed by atoms with E-state index in [9.17, 15) is 4.79 Å². The Labute approximate surface area is 132 Å². The summed E-state index contributed by atoms with van der Waals surface area (Å²) in [4.78, 5) is 15.2. The highest BCUT2D eigenvalue weighted by Gasteiger charge is 2.26. The average Bonchev–Trinajstić information content (AvgIpc) is 2.83. The fraction of sp³-hybridized carbons (Fsp3) is 0.400.